The van der Waals surface area contributed by atoms with Gasteiger partial charge in [0.2, 0.25) is 11.5 Å². The third-order valence-electron chi connectivity index (χ3n) is 5.36. The van der Waals surface area contributed by atoms with Crippen molar-refractivity contribution in [2.45, 2.75) is 18.5 Å². The molecule has 0 aliphatic carbocycles. The first-order valence-corrected chi connectivity index (χ1v) is 10.1. The molecular formula is C22H21FN4O4. The standard InChI is InChI=1S/C22H21FN4O4/c23-22(20-25-19(26-31-20)15-5-2-1-3-6-15)9-4-10-27(14-22)21(28)24-16-7-8-17-18(13-16)30-12-11-29-17/h1-3,5-8,13H,4,9-12,14H2,(H,24,28). The van der Waals surface area contributed by atoms with Crippen molar-refractivity contribution in [2.24, 2.45) is 0 Å². The van der Waals surface area contributed by atoms with Gasteiger partial charge < -0.3 is 24.2 Å². The smallest absolute Gasteiger partial charge is 0.321 e. The molecule has 1 fully saturated rings. The van der Waals surface area contributed by atoms with Gasteiger partial charge in [-0.3, -0.25) is 0 Å². The van der Waals surface area contributed by atoms with Gasteiger partial charge in [0, 0.05) is 23.9 Å². The summed E-state index contributed by atoms with van der Waals surface area (Å²) in [4.78, 5) is 18.5. The highest BCUT2D eigenvalue weighted by atomic mass is 19.1. The van der Waals surface area contributed by atoms with Gasteiger partial charge in [-0.05, 0) is 25.0 Å². The number of piperidine rings is 1. The topological polar surface area (TPSA) is 89.7 Å². The van der Waals surface area contributed by atoms with Gasteiger partial charge in [0.05, 0.1) is 6.54 Å². The van der Waals surface area contributed by atoms with Crippen LogP contribution in [-0.2, 0) is 5.67 Å². The number of halogens is 1. The molecule has 2 aliphatic rings. The number of carbonyl (C=O) groups is 1. The summed E-state index contributed by atoms with van der Waals surface area (Å²) in [5.74, 6) is 1.42. The van der Waals surface area contributed by atoms with Crippen LogP contribution in [0.1, 0.15) is 18.7 Å². The molecule has 1 N–H and O–H groups in total. The fourth-order valence-electron chi connectivity index (χ4n) is 3.79. The quantitative estimate of drug-likeness (QED) is 0.684. The van der Waals surface area contributed by atoms with Crippen molar-refractivity contribution in [3.63, 3.8) is 0 Å². The molecule has 0 radical (unpaired) electrons. The summed E-state index contributed by atoms with van der Waals surface area (Å²) >= 11 is 0. The molecule has 0 bridgehead atoms. The average molecular weight is 424 g/mol. The Morgan fingerprint density at radius 1 is 1.10 bits per heavy atom. The van der Waals surface area contributed by atoms with Crippen molar-refractivity contribution in [1.82, 2.24) is 15.0 Å². The van der Waals surface area contributed by atoms with Crippen LogP contribution in [0.3, 0.4) is 0 Å². The average Bonchev–Trinajstić information content (AvgIpc) is 3.31. The molecule has 1 atom stereocenters. The molecule has 1 aromatic heterocycles. The number of rotatable bonds is 3. The summed E-state index contributed by atoms with van der Waals surface area (Å²) in [7, 11) is 0. The minimum Gasteiger partial charge on any atom is -0.486 e. The van der Waals surface area contributed by atoms with Crippen LogP contribution in [0.2, 0.25) is 0 Å². The Morgan fingerprint density at radius 3 is 2.74 bits per heavy atom. The number of nitrogens with zero attached hydrogens (tertiary/aromatic N) is 3. The minimum atomic E-state index is -1.90. The number of carbonyl (C=O) groups excluding carboxylic acids is 1. The lowest BCUT2D eigenvalue weighted by molar-refractivity contribution is 0.0333. The number of hydrogen-bond acceptors (Lipinski definition) is 6. The van der Waals surface area contributed by atoms with Gasteiger partial charge in [0.25, 0.3) is 5.89 Å². The summed E-state index contributed by atoms with van der Waals surface area (Å²) in [5.41, 5.74) is -0.610. The Hall–Kier alpha value is -3.62. The molecule has 8 nitrogen and oxygen atoms in total. The number of benzene rings is 2. The van der Waals surface area contributed by atoms with Gasteiger partial charge in [0.1, 0.15) is 13.2 Å². The first-order chi connectivity index (χ1) is 15.1. The van der Waals surface area contributed by atoms with Crippen LogP contribution in [0.5, 0.6) is 11.5 Å². The lowest BCUT2D eigenvalue weighted by Gasteiger charge is -2.35. The van der Waals surface area contributed by atoms with E-state index in [1.165, 1.54) is 4.90 Å². The second-order valence-corrected chi connectivity index (χ2v) is 7.57. The number of ether oxygens (including phenoxy) is 2. The number of nitrogens with one attached hydrogen (secondary N) is 1. The molecule has 2 amide bonds. The number of aromatic nitrogens is 2. The highest BCUT2D eigenvalue weighted by Gasteiger charge is 2.44. The first-order valence-electron chi connectivity index (χ1n) is 10.1. The van der Waals surface area contributed by atoms with Crippen LogP contribution >= 0.6 is 0 Å². The fourth-order valence-corrected chi connectivity index (χ4v) is 3.79. The van der Waals surface area contributed by atoms with E-state index < -0.39 is 11.7 Å². The number of likely N-dealkylation sites (tertiary alicyclic amines) is 1. The van der Waals surface area contributed by atoms with Crippen molar-refractivity contribution < 1.29 is 23.2 Å². The second kappa shape index (κ2) is 7.90. The Kier molecular flexibility index (Phi) is 4.93. The van der Waals surface area contributed by atoms with Crippen molar-refractivity contribution in [3.8, 4) is 22.9 Å². The zero-order valence-electron chi connectivity index (χ0n) is 16.7. The van der Waals surface area contributed by atoms with E-state index >= 15 is 4.39 Å². The van der Waals surface area contributed by atoms with Crippen LogP contribution in [0.15, 0.2) is 53.1 Å². The molecule has 3 heterocycles. The number of hydrogen-bond donors (Lipinski definition) is 1. The van der Waals surface area contributed by atoms with Crippen LogP contribution in [-0.4, -0.2) is 47.4 Å². The maximum Gasteiger partial charge on any atom is 0.321 e. The van der Waals surface area contributed by atoms with Crippen molar-refractivity contribution in [1.29, 1.82) is 0 Å². The first kappa shape index (κ1) is 19.3. The van der Waals surface area contributed by atoms with E-state index in [0.717, 1.165) is 5.56 Å². The van der Waals surface area contributed by atoms with E-state index in [0.29, 0.717) is 49.2 Å². The maximum atomic E-state index is 15.8. The number of amides is 2. The Morgan fingerprint density at radius 2 is 1.90 bits per heavy atom. The Balaban J connectivity index is 1.29. The van der Waals surface area contributed by atoms with Crippen molar-refractivity contribution in [2.75, 3.05) is 31.6 Å². The summed E-state index contributed by atoms with van der Waals surface area (Å²) in [6, 6.07) is 14.0. The normalized spacial score (nSPS) is 20.4. The molecule has 160 valence electrons. The van der Waals surface area contributed by atoms with Gasteiger partial charge in [-0.25, -0.2) is 9.18 Å². The molecule has 2 aliphatic heterocycles. The summed E-state index contributed by atoms with van der Waals surface area (Å²) in [6.45, 7) is 1.21. The van der Waals surface area contributed by atoms with Gasteiger partial charge in [-0.1, -0.05) is 35.5 Å². The fraction of sp³-hybridized carbons (Fsp3) is 0.318. The van der Waals surface area contributed by atoms with E-state index in [-0.39, 0.29) is 18.9 Å². The summed E-state index contributed by atoms with van der Waals surface area (Å²) in [6.07, 6.45) is 0.686. The zero-order chi connectivity index (χ0) is 21.3. The maximum absolute atomic E-state index is 15.8. The summed E-state index contributed by atoms with van der Waals surface area (Å²) < 4.78 is 32.0. The second-order valence-electron chi connectivity index (χ2n) is 7.57. The SMILES string of the molecule is O=C(Nc1ccc2c(c1)OCCO2)N1CCCC(F)(c2nc(-c3ccccc3)no2)C1. The number of anilines is 1. The zero-order valence-corrected chi connectivity index (χ0v) is 16.7. The highest BCUT2D eigenvalue weighted by molar-refractivity contribution is 5.90. The number of urea groups is 1. The molecule has 0 saturated carbocycles. The summed E-state index contributed by atoms with van der Waals surface area (Å²) in [5, 5.41) is 6.71. The molecule has 9 heteroatoms. The van der Waals surface area contributed by atoms with Crippen molar-refractivity contribution in [3.05, 3.63) is 54.4 Å². The van der Waals surface area contributed by atoms with E-state index in [1.807, 2.05) is 30.3 Å². The monoisotopic (exact) mass is 424 g/mol. The predicted octanol–water partition coefficient (Wildman–Crippen LogP) is 4.00. The van der Waals surface area contributed by atoms with Crippen LogP contribution < -0.4 is 14.8 Å². The third kappa shape index (κ3) is 3.90. The third-order valence-corrected chi connectivity index (χ3v) is 5.36. The Bertz CT molecular complexity index is 1090. The Labute approximate surface area is 178 Å². The van der Waals surface area contributed by atoms with Crippen molar-refractivity contribution >= 4 is 11.7 Å². The van der Waals surface area contributed by atoms with Gasteiger partial charge in [-0.2, -0.15) is 4.98 Å². The van der Waals surface area contributed by atoms with Crippen LogP contribution in [0, 0.1) is 0 Å². The predicted molar refractivity (Wildman–Crippen MR) is 110 cm³/mol. The highest BCUT2D eigenvalue weighted by Crippen LogP contribution is 2.36. The molecule has 1 unspecified atom stereocenters. The molecule has 3 aromatic rings. The van der Waals surface area contributed by atoms with E-state index in [2.05, 4.69) is 15.5 Å². The van der Waals surface area contributed by atoms with E-state index in [4.69, 9.17) is 14.0 Å². The molecule has 1 saturated heterocycles. The lowest BCUT2D eigenvalue weighted by Crippen LogP contribution is -2.48. The molecule has 31 heavy (non-hydrogen) atoms. The number of fused-ring (bicyclic) bond motifs is 1. The minimum absolute atomic E-state index is 0.108. The molecule has 2 aromatic carbocycles. The lowest BCUT2D eigenvalue weighted by atomic mass is 9.94. The van der Waals surface area contributed by atoms with E-state index in [9.17, 15) is 4.79 Å². The van der Waals surface area contributed by atoms with Crippen LogP contribution in [0.4, 0.5) is 14.9 Å². The van der Waals surface area contributed by atoms with E-state index in [1.54, 1.807) is 18.2 Å². The molecular weight excluding hydrogens is 403 g/mol. The number of alkyl halides is 1. The largest absolute Gasteiger partial charge is 0.486 e. The van der Waals surface area contributed by atoms with Gasteiger partial charge in [0.15, 0.2) is 11.5 Å². The van der Waals surface area contributed by atoms with Crippen LogP contribution in [0.25, 0.3) is 11.4 Å². The molecule has 5 rings (SSSR count). The molecule has 0 spiro atoms. The van der Waals surface area contributed by atoms with Gasteiger partial charge in [-0.15, -0.1) is 0 Å². The van der Waals surface area contributed by atoms with Gasteiger partial charge >= 0.3 is 6.03 Å².